The van der Waals surface area contributed by atoms with Crippen LogP contribution in [0.4, 0.5) is 0 Å². The molecule has 1 N–H and O–H groups in total. The minimum absolute atomic E-state index is 0.473. The van der Waals surface area contributed by atoms with E-state index in [1.165, 1.54) is 0 Å². The van der Waals surface area contributed by atoms with Gasteiger partial charge < -0.3 is 9.84 Å². The average molecular weight is 330 g/mol. The lowest BCUT2D eigenvalue weighted by Crippen LogP contribution is -2.25. The van der Waals surface area contributed by atoms with Crippen molar-refractivity contribution in [2.45, 2.75) is 32.7 Å². The molecule has 2 aromatic heterocycles. The van der Waals surface area contributed by atoms with Gasteiger partial charge in [0.15, 0.2) is 0 Å². The zero-order valence-electron chi connectivity index (χ0n) is 10.4. The summed E-state index contributed by atoms with van der Waals surface area (Å²) in [5, 5.41) is 7.37. The first-order valence-electron chi connectivity index (χ1n) is 6.00. The van der Waals surface area contributed by atoms with Crippen LogP contribution in [-0.4, -0.2) is 22.7 Å². The third kappa shape index (κ3) is 3.63. The summed E-state index contributed by atoms with van der Waals surface area (Å²) < 4.78 is 6.33. The Morgan fingerprint density at radius 2 is 2.33 bits per heavy atom. The lowest BCUT2D eigenvalue weighted by Gasteiger charge is -2.09. The van der Waals surface area contributed by atoms with Crippen molar-refractivity contribution >= 4 is 27.3 Å². The molecule has 0 fully saturated rings. The number of hydrogen-bond donors (Lipinski definition) is 1. The number of halogens is 1. The normalized spacial score (nSPS) is 12.8. The molecule has 0 saturated carbocycles. The van der Waals surface area contributed by atoms with E-state index in [9.17, 15) is 0 Å². The molecule has 6 heteroatoms. The summed E-state index contributed by atoms with van der Waals surface area (Å²) in [6, 6.07) is 4.45. The van der Waals surface area contributed by atoms with Crippen LogP contribution < -0.4 is 5.32 Å². The van der Waals surface area contributed by atoms with Gasteiger partial charge in [-0.15, -0.1) is 11.3 Å². The molecule has 0 aliphatic heterocycles. The number of nitrogens with one attached hydrogen (secondary N) is 1. The Morgan fingerprint density at radius 3 is 3.00 bits per heavy atom. The van der Waals surface area contributed by atoms with E-state index in [0.29, 0.717) is 17.8 Å². The average Bonchev–Trinajstić information content (AvgIpc) is 2.95. The Hall–Kier alpha value is -0.720. The van der Waals surface area contributed by atoms with Crippen molar-refractivity contribution in [1.29, 1.82) is 0 Å². The zero-order valence-corrected chi connectivity index (χ0v) is 12.8. The van der Waals surface area contributed by atoms with Crippen LogP contribution in [0, 0.1) is 0 Å². The number of hydrogen-bond acceptors (Lipinski definition) is 5. The fraction of sp³-hybridized carbons (Fsp3) is 0.500. The first kappa shape index (κ1) is 13.7. The maximum absolute atomic E-state index is 5.26. The molecular formula is C12H16BrN3OS. The molecule has 1 atom stereocenters. The standard InChI is InChI=1S/C12H16BrN3OS/c1-3-14-8(2)4-7-11-15-12(16-17-11)9-5-6-10(13)18-9/h5-6,8,14H,3-4,7H2,1-2H3. The van der Waals surface area contributed by atoms with E-state index in [-0.39, 0.29) is 0 Å². The van der Waals surface area contributed by atoms with Gasteiger partial charge in [0.2, 0.25) is 11.7 Å². The minimum atomic E-state index is 0.473. The molecule has 2 aromatic rings. The van der Waals surface area contributed by atoms with E-state index in [2.05, 4.69) is 45.2 Å². The maximum Gasteiger partial charge on any atom is 0.227 e. The molecule has 0 radical (unpaired) electrons. The molecule has 0 aromatic carbocycles. The molecule has 2 heterocycles. The summed E-state index contributed by atoms with van der Waals surface area (Å²) in [6.45, 7) is 5.26. The monoisotopic (exact) mass is 329 g/mol. The van der Waals surface area contributed by atoms with Crippen molar-refractivity contribution < 1.29 is 4.52 Å². The fourth-order valence-electron chi connectivity index (χ4n) is 1.68. The van der Waals surface area contributed by atoms with Gasteiger partial charge in [0, 0.05) is 12.5 Å². The molecule has 2 rings (SSSR count). The SMILES string of the molecule is CCNC(C)CCc1nc(-c2ccc(Br)s2)no1. The van der Waals surface area contributed by atoms with Gasteiger partial charge in [0.05, 0.1) is 8.66 Å². The summed E-state index contributed by atoms with van der Waals surface area (Å²) >= 11 is 5.03. The Bertz CT molecular complexity index is 497. The highest BCUT2D eigenvalue weighted by molar-refractivity contribution is 9.11. The van der Waals surface area contributed by atoms with Gasteiger partial charge in [-0.1, -0.05) is 12.1 Å². The Kier molecular flexibility index (Phi) is 4.91. The van der Waals surface area contributed by atoms with E-state index in [1.54, 1.807) is 11.3 Å². The van der Waals surface area contributed by atoms with Gasteiger partial charge >= 0.3 is 0 Å². The number of thiophene rings is 1. The fourth-order valence-corrected chi connectivity index (χ4v) is 2.99. The third-order valence-electron chi connectivity index (χ3n) is 2.61. The van der Waals surface area contributed by atoms with E-state index >= 15 is 0 Å². The lowest BCUT2D eigenvalue weighted by atomic mass is 10.2. The lowest BCUT2D eigenvalue weighted by molar-refractivity contribution is 0.368. The molecule has 0 spiro atoms. The second-order valence-corrected chi connectivity index (χ2v) is 6.58. The third-order valence-corrected chi connectivity index (χ3v) is 4.23. The van der Waals surface area contributed by atoms with Gasteiger partial charge in [-0.2, -0.15) is 4.98 Å². The highest BCUT2D eigenvalue weighted by Gasteiger charge is 2.11. The van der Waals surface area contributed by atoms with Crippen LogP contribution in [0.2, 0.25) is 0 Å². The first-order valence-corrected chi connectivity index (χ1v) is 7.61. The Labute approximate surface area is 119 Å². The molecule has 0 aliphatic rings. The van der Waals surface area contributed by atoms with Gasteiger partial charge in [0.25, 0.3) is 0 Å². The topological polar surface area (TPSA) is 51.0 Å². The molecule has 1 unspecified atom stereocenters. The van der Waals surface area contributed by atoms with Crippen LogP contribution in [-0.2, 0) is 6.42 Å². The number of aryl methyl sites for hydroxylation is 1. The first-order chi connectivity index (χ1) is 8.69. The molecule has 0 saturated heterocycles. The van der Waals surface area contributed by atoms with Crippen molar-refractivity contribution in [2.24, 2.45) is 0 Å². The van der Waals surface area contributed by atoms with Gasteiger partial charge in [-0.05, 0) is 48.0 Å². The minimum Gasteiger partial charge on any atom is -0.339 e. The predicted octanol–water partition coefficient (Wildman–Crippen LogP) is 3.49. The summed E-state index contributed by atoms with van der Waals surface area (Å²) in [5.74, 6) is 1.39. The second-order valence-electron chi connectivity index (χ2n) is 4.11. The molecule has 4 nitrogen and oxygen atoms in total. The molecule has 0 amide bonds. The van der Waals surface area contributed by atoms with Crippen molar-refractivity contribution in [3.8, 4) is 10.7 Å². The molecule has 18 heavy (non-hydrogen) atoms. The Balaban J connectivity index is 1.94. The predicted molar refractivity (Wildman–Crippen MR) is 76.8 cm³/mol. The van der Waals surface area contributed by atoms with Gasteiger partial charge in [0.1, 0.15) is 0 Å². The number of aromatic nitrogens is 2. The second kappa shape index (κ2) is 6.45. The molecular weight excluding hydrogens is 314 g/mol. The van der Waals surface area contributed by atoms with Crippen LogP contribution in [0.1, 0.15) is 26.2 Å². The summed E-state index contributed by atoms with van der Waals surface area (Å²) in [5.41, 5.74) is 0. The largest absolute Gasteiger partial charge is 0.339 e. The van der Waals surface area contributed by atoms with E-state index in [1.807, 2.05) is 12.1 Å². The van der Waals surface area contributed by atoms with Crippen molar-refractivity contribution in [3.63, 3.8) is 0 Å². The van der Waals surface area contributed by atoms with Crippen LogP contribution in [0.25, 0.3) is 10.7 Å². The van der Waals surface area contributed by atoms with E-state index < -0.39 is 0 Å². The van der Waals surface area contributed by atoms with Gasteiger partial charge in [-0.3, -0.25) is 0 Å². The highest BCUT2D eigenvalue weighted by atomic mass is 79.9. The summed E-state index contributed by atoms with van der Waals surface area (Å²) in [6.07, 6.45) is 1.82. The molecule has 0 bridgehead atoms. The summed E-state index contributed by atoms with van der Waals surface area (Å²) in [4.78, 5) is 5.43. The quantitative estimate of drug-likeness (QED) is 0.881. The van der Waals surface area contributed by atoms with Crippen molar-refractivity contribution in [2.75, 3.05) is 6.54 Å². The number of nitrogens with zero attached hydrogens (tertiary/aromatic N) is 2. The van der Waals surface area contributed by atoms with Crippen molar-refractivity contribution in [3.05, 3.63) is 21.8 Å². The molecule has 0 aliphatic carbocycles. The number of rotatable bonds is 6. The van der Waals surface area contributed by atoms with Crippen LogP contribution in [0.5, 0.6) is 0 Å². The van der Waals surface area contributed by atoms with E-state index in [0.717, 1.165) is 28.0 Å². The Morgan fingerprint density at radius 1 is 1.50 bits per heavy atom. The van der Waals surface area contributed by atoms with Crippen LogP contribution in [0.15, 0.2) is 20.4 Å². The van der Waals surface area contributed by atoms with E-state index in [4.69, 9.17) is 4.52 Å². The van der Waals surface area contributed by atoms with Crippen LogP contribution >= 0.6 is 27.3 Å². The summed E-state index contributed by atoms with van der Waals surface area (Å²) in [7, 11) is 0. The zero-order chi connectivity index (χ0) is 13.0. The van der Waals surface area contributed by atoms with Gasteiger partial charge in [-0.25, -0.2) is 0 Å². The smallest absolute Gasteiger partial charge is 0.227 e. The highest BCUT2D eigenvalue weighted by Crippen LogP contribution is 2.29. The maximum atomic E-state index is 5.26. The molecule has 98 valence electrons. The van der Waals surface area contributed by atoms with Crippen LogP contribution in [0.3, 0.4) is 0 Å². The van der Waals surface area contributed by atoms with Crippen molar-refractivity contribution in [1.82, 2.24) is 15.5 Å².